The minimum atomic E-state index is -0.591. The van der Waals surface area contributed by atoms with Gasteiger partial charge in [0.1, 0.15) is 0 Å². The number of para-hydroxylation sites is 1. The highest BCUT2D eigenvalue weighted by Crippen LogP contribution is 2.21. The molecule has 3 aromatic carbocycles. The van der Waals surface area contributed by atoms with E-state index in [2.05, 4.69) is 5.32 Å². The smallest absolute Gasteiger partial charge is 0.331 e. The fraction of sp³-hybridized carbons (Fsp3) is 0.0476. The number of rotatable bonds is 5. The van der Waals surface area contributed by atoms with Crippen LogP contribution < -0.4 is 5.32 Å². The molecule has 1 amide bonds. The third-order valence-electron chi connectivity index (χ3n) is 3.72. The van der Waals surface area contributed by atoms with Gasteiger partial charge >= 0.3 is 5.97 Å². The molecule has 0 aliphatic rings. The van der Waals surface area contributed by atoms with Crippen LogP contribution in [0, 0.1) is 0 Å². The monoisotopic (exact) mass is 365 g/mol. The maximum absolute atomic E-state index is 11.9. The molecule has 0 fully saturated rings. The van der Waals surface area contributed by atoms with Crippen LogP contribution in [-0.2, 0) is 14.3 Å². The molecule has 1 N–H and O–H groups in total. The second-order valence-electron chi connectivity index (χ2n) is 5.54. The number of hydrogen-bond donors (Lipinski definition) is 1. The summed E-state index contributed by atoms with van der Waals surface area (Å²) in [6, 6.07) is 20.6. The van der Waals surface area contributed by atoms with E-state index in [0.29, 0.717) is 10.7 Å². The van der Waals surface area contributed by atoms with Crippen LogP contribution in [0.2, 0.25) is 5.02 Å². The highest BCUT2D eigenvalue weighted by molar-refractivity contribution is 6.33. The van der Waals surface area contributed by atoms with Crippen LogP contribution in [0.25, 0.3) is 16.8 Å². The minimum absolute atomic E-state index is 0.385. The van der Waals surface area contributed by atoms with E-state index in [-0.39, 0.29) is 6.61 Å². The van der Waals surface area contributed by atoms with Gasteiger partial charge in [-0.3, -0.25) is 4.79 Å². The molecular weight excluding hydrogens is 350 g/mol. The Kier molecular flexibility index (Phi) is 5.66. The molecule has 4 nitrogen and oxygen atoms in total. The van der Waals surface area contributed by atoms with Gasteiger partial charge in [-0.05, 0) is 34.5 Å². The van der Waals surface area contributed by atoms with Crippen molar-refractivity contribution in [3.05, 3.63) is 83.4 Å². The second-order valence-corrected chi connectivity index (χ2v) is 5.94. The van der Waals surface area contributed by atoms with Crippen LogP contribution in [0.1, 0.15) is 5.56 Å². The molecule has 3 aromatic rings. The summed E-state index contributed by atoms with van der Waals surface area (Å²) in [6.07, 6.45) is 2.99. The van der Waals surface area contributed by atoms with Gasteiger partial charge < -0.3 is 10.1 Å². The Morgan fingerprint density at radius 3 is 2.54 bits per heavy atom. The molecule has 0 radical (unpaired) electrons. The maximum atomic E-state index is 11.9. The predicted octanol–water partition coefficient (Wildman–Crippen LogP) is 4.69. The number of carbonyl (C=O) groups is 2. The lowest BCUT2D eigenvalue weighted by Crippen LogP contribution is -2.20. The standard InChI is InChI=1S/C21H16ClNO3/c22-18-10-3-4-11-19(18)23-20(24)14-26-21(25)13-12-16-8-5-7-15-6-1-2-9-17(15)16/h1-13H,14H2,(H,23,24). The van der Waals surface area contributed by atoms with Crippen molar-refractivity contribution in [1.82, 2.24) is 0 Å². The quantitative estimate of drug-likeness (QED) is 0.527. The maximum Gasteiger partial charge on any atom is 0.331 e. The molecule has 0 atom stereocenters. The van der Waals surface area contributed by atoms with Crippen LogP contribution in [0.4, 0.5) is 5.69 Å². The normalized spacial score (nSPS) is 10.8. The van der Waals surface area contributed by atoms with Crippen molar-refractivity contribution < 1.29 is 14.3 Å². The Balaban J connectivity index is 1.58. The van der Waals surface area contributed by atoms with Crippen molar-refractivity contribution in [2.45, 2.75) is 0 Å². The Bertz CT molecular complexity index is 976. The fourth-order valence-electron chi connectivity index (χ4n) is 2.49. The van der Waals surface area contributed by atoms with E-state index in [9.17, 15) is 9.59 Å². The lowest BCUT2D eigenvalue weighted by molar-refractivity contribution is -0.142. The summed E-state index contributed by atoms with van der Waals surface area (Å²) >= 11 is 5.96. The van der Waals surface area contributed by atoms with Gasteiger partial charge in [0.15, 0.2) is 6.61 Å². The lowest BCUT2D eigenvalue weighted by Gasteiger charge is -2.06. The summed E-state index contributed by atoms with van der Waals surface area (Å²) in [4.78, 5) is 23.7. The summed E-state index contributed by atoms with van der Waals surface area (Å²) in [5.41, 5.74) is 1.38. The van der Waals surface area contributed by atoms with E-state index >= 15 is 0 Å². The van der Waals surface area contributed by atoms with Gasteiger partial charge in [-0.15, -0.1) is 0 Å². The van der Waals surface area contributed by atoms with Gasteiger partial charge in [-0.25, -0.2) is 4.79 Å². The van der Waals surface area contributed by atoms with E-state index in [4.69, 9.17) is 16.3 Å². The number of esters is 1. The van der Waals surface area contributed by atoms with Crippen LogP contribution in [-0.4, -0.2) is 18.5 Å². The molecule has 0 saturated carbocycles. The van der Waals surface area contributed by atoms with E-state index in [1.165, 1.54) is 6.08 Å². The van der Waals surface area contributed by atoms with Crippen molar-refractivity contribution >= 4 is 46.0 Å². The number of carbonyl (C=O) groups excluding carboxylic acids is 2. The summed E-state index contributed by atoms with van der Waals surface area (Å²) < 4.78 is 4.97. The summed E-state index contributed by atoms with van der Waals surface area (Å²) in [6.45, 7) is -0.385. The number of fused-ring (bicyclic) bond motifs is 1. The molecule has 0 unspecified atom stereocenters. The zero-order valence-electron chi connectivity index (χ0n) is 13.8. The molecular formula is C21H16ClNO3. The van der Waals surface area contributed by atoms with Crippen LogP contribution in [0.5, 0.6) is 0 Å². The van der Waals surface area contributed by atoms with Gasteiger partial charge in [0.2, 0.25) is 0 Å². The summed E-state index contributed by atoms with van der Waals surface area (Å²) in [5, 5.41) is 5.13. The molecule has 26 heavy (non-hydrogen) atoms. The van der Waals surface area contributed by atoms with Gasteiger partial charge in [0, 0.05) is 6.08 Å². The van der Waals surface area contributed by atoms with Gasteiger partial charge in [0.05, 0.1) is 10.7 Å². The molecule has 3 rings (SSSR count). The number of anilines is 1. The first-order valence-corrected chi connectivity index (χ1v) is 8.38. The summed E-state index contributed by atoms with van der Waals surface area (Å²) in [5.74, 6) is -1.04. The van der Waals surface area contributed by atoms with Crippen LogP contribution in [0.15, 0.2) is 72.8 Å². The molecule has 0 saturated heterocycles. The lowest BCUT2D eigenvalue weighted by atomic mass is 10.0. The third-order valence-corrected chi connectivity index (χ3v) is 4.05. The predicted molar refractivity (Wildman–Crippen MR) is 104 cm³/mol. The topological polar surface area (TPSA) is 55.4 Å². The number of nitrogens with one attached hydrogen (secondary N) is 1. The molecule has 0 heterocycles. The molecule has 0 aromatic heterocycles. The Morgan fingerprint density at radius 2 is 1.69 bits per heavy atom. The van der Waals surface area contributed by atoms with Crippen molar-refractivity contribution in [2.24, 2.45) is 0 Å². The Hall–Kier alpha value is -3.11. The number of ether oxygens (including phenoxy) is 1. The van der Waals surface area contributed by atoms with Crippen molar-refractivity contribution in [2.75, 3.05) is 11.9 Å². The number of benzene rings is 3. The minimum Gasteiger partial charge on any atom is -0.452 e. The number of hydrogen-bond acceptors (Lipinski definition) is 3. The average molecular weight is 366 g/mol. The molecule has 0 bridgehead atoms. The summed E-state index contributed by atoms with van der Waals surface area (Å²) in [7, 11) is 0. The number of halogens is 1. The first-order valence-electron chi connectivity index (χ1n) is 8.00. The van der Waals surface area contributed by atoms with Crippen LogP contribution >= 0.6 is 11.6 Å². The van der Waals surface area contributed by atoms with Gasteiger partial charge in [-0.2, -0.15) is 0 Å². The zero-order chi connectivity index (χ0) is 18.4. The second kappa shape index (κ2) is 8.32. The first-order chi connectivity index (χ1) is 12.6. The first kappa shape index (κ1) is 17.7. The average Bonchev–Trinajstić information content (AvgIpc) is 2.66. The van der Waals surface area contributed by atoms with E-state index < -0.39 is 11.9 Å². The largest absolute Gasteiger partial charge is 0.452 e. The molecule has 0 aliphatic heterocycles. The Morgan fingerprint density at radius 1 is 0.962 bits per heavy atom. The molecule has 0 aliphatic carbocycles. The molecule has 0 spiro atoms. The van der Waals surface area contributed by atoms with Gasteiger partial charge in [0.25, 0.3) is 5.91 Å². The zero-order valence-corrected chi connectivity index (χ0v) is 14.6. The fourth-order valence-corrected chi connectivity index (χ4v) is 2.67. The third kappa shape index (κ3) is 4.49. The van der Waals surface area contributed by atoms with Crippen molar-refractivity contribution in [3.63, 3.8) is 0 Å². The Labute approximate surface area is 156 Å². The van der Waals surface area contributed by atoms with E-state index in [0.717, 1.165) is 16.3 Å². The molecule has 5 heteroatoms. The SMILES string of the molecule is O=C(COC(=O)C=Cc1cccc2ccccc12)Nc1ccccc1Cl. The van der Waals surface area contributed by atoms with Crippen molar-refractivity contribution in [3.8, 4) is 0 Å². The highest BCUT2D eigenvalue weighted by atomic mass is 35.5. The van der Waals surface area contributed by atoms with Crippen LogP contribution in [0.3, 0.4) is 0 Å². The van der Waals surface area contributed by atoms with Crippen molar-refractivity contribution in [1.29, 1.82) is 0 Å². The molecule has 130 valence electrons. The van der Waals surface area contributed by atoms with E-state index in [1.54, 1.807) is 30.3 Å². The number of amides is 1. The van der Waals surface area contributed by atoms with E-state index in [1.807, 2.05) is 42.5 Å². The van der Waals surface area contributed by atoms with Gasteiger partial charge in [-0.1, -0.05) is 66.2 Å². The highest BCUT2D eigenvalue weighted by Gasteiger charge is 2.07.